The lowest BCUT2D eigenvalue weighted by molar-refractivity contribution is -0.120. The van der Waals surface area contributed by atoms with Crippen molar-refractivity contribution in [1.29, 1.82) is 0 Å². The van der Waals surface area contributed by atoms with E-state index in [1.807, 2.05) is 13.8 Å². The number of carbonyl (C=O) groups is 1. The molecule has 0 aliphatic heterocycles. The van der Waals surface area contributed by atoms with Crippen molar-refractivity contribution >= 4 is 34.1 Å². The lowest BCUT2D eigenvalue weighted by Crippen LogP contribution is -2.33. The highest BCUT2D eigenvalue weighted by Crippen LogP contribution is 2.32. The highest BCUT2D eigenvalue weighted by molar-refractivity contribution is 8.02. The number of amides is 1. The molecule has 3 rings (SSSR count). The van der Waals surface area contributed by atoms with E-state index in [2.05, 4.69) is 20.8 Å². The van der Waals surface area contributed by atoms with Gasteiger partial charge in [-0.25, -0.2) is 4.39 Å². The number of hydrogen-bond donors (Lipinski definition) is 2. The minimum Gasteiger partial charge on any atom is -0.357 e. The number of thioether (sulfide) groups is 1. The van der Waals surface area contributed by atoms with E-state index in [9.17, 15) is 9.18 Å². The minimum atomic E-state index is -0.284. The van der Waals surface area contributed by atoms with Crippen LogP contribution in [0.4, 0.5) is 9.52 Å². The fourth-order valence-corrected chi connectivity index (χ4v) is 4.07. The van der Waals surface area contributed by atoms with E-state index in [4.69, 9.17) is 0 Å². The number of rotatable bonds is 7. The minimum absolute atomic E-state index is 0.0799. The van der Waals surface area contributed by atoms with Gasteiger partial charge in [0.25, 0.3) is 0 Å². The van der Waals surface area contributed by atoms with Crippen LogP contribution in [0.15, 0.2) is 28.6 Å². The molecule has 5 nitrogen and oxygen atoms in total. The summed E-state index contributed by atoms with van der Waals surface area (Å²) in [4.78, 5) is 12.3. The van der Waals surface area contributed by atoms with E-state index < -0.39 is 0 Å². The molecule has 128 valence electrons. The Morgan fingerprint density at radius 1 is 1.29 bits per heavy atom. The van der Waals surface area contributed by atoms with Crippen LogP contribution in [-0.2, 0) is 4.79 Å². The summed E-state index contributed by atoms with van der Waals surface area (Å²) in [6.45, 7) is 3.72. The van der Waals surface area contributed by atoms with Crippen LogP contribution in [0, 0.1) is 5.82 Å². The third kappa shape index (κ3) is 4.67. The number of benzene rings is 1. The summed E-state index contributed by atoms with van der Waals surface area (Å²) in [7, 11) is 0. The highest BCUT2D eigenvalue weighted by Gasteiger charge is 2.23. The van der Waals surface area contributed by atoms with Crippen LogP contribution in [-0.4, -0.2) is 27.4 Å². The molecule has 1 amide bonds. The quantitative estimate of drug-likeness (QED) is 0.733. The Hall–Kier alpha value is -1.67. The first-order chi connectivity index (χ1) is 11.5. The third-order valence-corrected chi connectivity index (χ3v) is 5.73. The molecule has 2 aromatic rings. The van der Waals surface area contributed by atoms with Gasteiger partial charge in [-0.3, -0.25) is 4.79 Å². The fourth-order valence-electron chi connectivity index (χ4n) is 2.09. The smallest absolute Gasteiger partial charge is 0.233 e. The Kier molecular flexibility index (Phi) is 5.35. The van der Waals surface area contributed by atoms with Crippen molar-refractivity contribution in [3.63, 3.8) is 0 Å². The molecule has 8 heteroatoms. The first kappa shape index (κ1) is 17.2. The van der Waals surface area contributed by atoms with Gasteiger partial charge in [-0.15, -0.1) is 10.2 Å². The number of halogens is 1. The SMILES string of the molecule is C[C@@H](Sc1nnc(NC2CC2)s1)C(=O)N[C@H](C)c1ccc(F)cc1. The molecule has 1 fully saturated rings. The maximum absolute atomic E-state index is 13.0. The fraction of sp³-hybridized carbons (Fsp3) is 0.438. The Morgan fingerprint density at radius 2 is 2.00 bits per heavy atom. The van der Waals surface area contributed by atoms with Gasteiger partial charge in [-0.1, -0.05) is 35.2 Å². The van der Waals surface area contributed by atoms with Crippen LogP contribution in [0.2, 0.25) is 0 Å². The molecule has 1 aliphatic rings. The summed E-state index contributed by atoms with van der Waals surface area (Å²) in [5.41, 5.74) is 0.869. The van der Waals surface area contributed by atoms with Crippen LogP contribution < -0.4 is 10.6 Å². The highest BCUT2D eigenvalue weighted by atomic mass is 32.2. The van der Waals surface area contributed by atoms with Gasteiger partial charge in [0.05, 0.1) is 11.3 Å². The van der Waals surface area contributed by atoms with Crippen LogP contribution >= 0.6 is 23.1 Å². The average Bonchev–Trinajstić information content (AvgIpc) is 3.26. The number of carbonyl (C=O) groups excluding carboxylic acids is 1. The maximum atomic E-state index is 13.0. The van der Waals surface area contributed by atoms with Crippen LogP contribution in [0.25, 0.3) is 0 Å². The second kappa shape index (κ2) is 7.48. The van der Waals surface area contributed by atoms with E-state index in [0.29, 0.717) is 6.04 Å². The molecule has 24 heavy (non-hydrogen) atoms. The van der Waals surface area contributed by atoms with Crippen molar-refractivity contribution in [2.75, 3.05) is 5.32 Å². The summed E-state index contributed by atoms with van der Waals surface area (Å²) in [5.74, 6) is -0.364. The molecule has 2 atom stereocenters. The Morgan fingerprint density at radius 3 is 2.67 bits per heavy atom. The van der Waals surface area contributed by atoms with Crippen molar-refractivity contribution in [1.82, 2.24) is 15.5 Å². The molecule has 1 aromatic carbocycles. The van der Waals surface area contributed by atoms with Crippen molar-refractivity contribution in [2.45, 2.75) is 48.4 Å². The zero-order chi connectivity index (χ0) is 17.1. The summed E-state index contributed by atoms with van der Waals surface area (Å²) in [6.07, 6.45) is 2.37. The monoisotopic (exact) mass is 366 g/mol. The van der Waals surface area contributed by atoms with Gasteiger partial charge in [0.1, 0.15) is 5.82 Å². The predicted octanol–water partition coefficient (Wildman–Crippen LogP) is 3.61. The first-order valence-electron chi connectivity index (χ1n) is 7.84. The zero-order valence-electron chi connectivity index (χ0n) is 13.5. The summed E-state index contributed by atoms with van der Waals surface area (Å²) in [6, 6.07) is 6.50. The molecule has 1 saturated carbocycles. The van der Waals surface area contributed by atoms with Crippen LogP contribution in [0.1, 0.15) is 38.3 Å². The summed E-state index contributed by atoms with van der Waals surface area (Å²) < 4.78 is 13.7. The largest absolute Gasteiger partial charge is 0.357 e. The molecule has 0 spiro atoms. The molecule has 0 unspecified atom stereocenters. The molecule has 1 aliphatic carbocycles. The maximum Gasteiger partial charge on any atom is 0.233 e. The van der Waals surface area contributed by atoms with Crippen molar-refractivity contribution in [3.05, 3.63) is 35.6 Å². The van der Waals surface area contributed by atoms with Crippen LogP contribution in [0.3, 0.4) is 0 Å². The van der Waals surface area contributed by atoms with Gasteiger partial charge in [0, 0.05) is 6.04 Å². The van der Waals surface area contributed by atoms with Crippen molar-refractivity contribution in [3.8, 4) is 0 Å². The van der Waals surface area contributed by atoms with E-state index >= 15 is 0 Å². The second-order valence-electron chi connectivity index (χ2n) is 5.83. The number of anilines is 1. The van der Waals surface area contributed by atoms with Crippen LogP contribution in [0.5, 0.6) is 0 Å². The number of nitrogens with zero attached hydrogens (tertiary/aromatic N) is 2. The number of nitrogens with one attached hydrogen (secondary N) is 2. The van der Waals surface area contributed by atoms with Crippen molar-refractivity contribution in [2.24, 2.45) is 0 Å². The normalized spacial score (nSPS) is 16.5. The second-order valence-corrected chi connectivity index (χ2v) is 8.40. The molecule has 1 aromatic heterocycles. The van der Waals surface area contributed by atoms with E-state index in [1.54, 1.807) is 12.1 Å². The van der Waals surface area contributed by atoms with E-state index in [-0.39, 0.29) is 23.0 Å². The molecule has 2 N–H and O–H groups in total. The molecule has 1 heterocycles. The Balaban J connectivity index is 1.51. The van der Waals surface area contributed by atoms with Gasteiger partial charge in [-0.05, 0) is 44.4 Å². The Bertz CT molecular complexity index is 702. The van der Waals surface area contributed by atoms with Gasteiger partial charge in [0.2, 0.25) is 11.0 Å². The van der Waals surface area contributed by atoms with E-state index in [1.165, 1.54) is 48.1 Å². The molecular formula is C16H19FN4OS2. The van der Waals surface area contributed by atoms with Gasteiger partial charge in [0.15, 0.2) is 4.34 Å². The molecule has 0 radical (unpaired) electrons. The number of aromatic nitrogens is 2. The number of hydrogen-bond acceptors (Lipinski definition) is 6. The molecule has 0 bridgehead atoms. The predicted molar refractivity (Wildman–Crippen MR) is 94.8 cm³/mol. The average molecular weight is 366 g/mol. The zero-order valence-corrected chi connectivity index (χ0v) is 15.1. The van der Waals surface area contributed by atoms with E-state index in [0.717, 1.165) is 15.0 Å². The molecular weight excluding hydrogens is 347 g/mol. The Labute approximate surface area is 148 Å². The molecule has 0 saturated heterocycles. The lowest BCUT2D eigenvalue weighted by atomic mass is 10.1. The summed E-state index contributed by atoms with van der Waals surface area (Å²) >= 11 is 2.86. The topological polar surface area (TPSA) is 66.9 Å². The van der Waals surface area contributed by atoms with Gasteiger partial charge in [-0.2, -0.15) is 0 Å². The van der Waals surface area contributed by atoms with Gasteiger partial charge < -0.3 is 10.6 Å². The lowest BCUT2D eigenvalue weighted by Gasteiger charge is -2.17. The third-order valence-electron chi connectivity index (χ3n) is 3.69. The standard InChI is InChI=1S/C16H19FN4OS2/c1-9(11-3-5-12(17)6-4-11)18-14(22)10(2)23-16-21-20-15(24-16)19-13-7-8-13/h3-6,9-10,13H,7-8H2,1-2H3,(H,18,22)(H,19,20)/t9-,10-/m1/s1. The van der Waals surface area contributed by atoms with Gasteiger partial charge >= 0.3 is 0 Å². The van der Waals surface area contributed by atoms with Crippen molar-refractivity contribution < 1.29 is 9.18 Å². The first-order valence-corrected chi connectivity index (χ1v) is 9.53. The summed E-state index contributed by atoms with van der Waals surface area (Å²) in [5, 5.41) is 15.0.